The molecule has 7 heteroatoms. The number of rotatable bonds is 6. The number of benzene rings is 1. The molecule has 1 aliphatic rings. The van der Waals surface area contributed by atoms with Gasteiger partial charge < -0.3 is 14.6 Å². The molecule has 0 unspecified atom stereocenters. The number of amides is 1. The Kier molecular flexibility index (Phi) is 6.75. The molecule has 0 radical (unpaired) electrons. The third kappa shape index (κ3) is 4.94. The third-order valence-corrected chi connectivity index (χ3v) is 5.28. The first kappa shape index (κ1) is 20.4. The van der Waals surface area contributed by atoms with Crippen LogP contribution in [0.15, 0.2) is 35.1 Å². The zero-order valence-electron chi connectivity index (χ0n) is 16.3. The molecule has 150 valence electrons. The van der Waals surface area contributed by atoms with E-state index in [0.29, 0.717) is 42.4 Å². The number of hydrogen-bond acceptors (Lipinski definition) is 4. The van der Waals surface area contributed by atoms with Crippen molar-refractivity contribution >= 4 is 17.5 Å². The molecule has 0 atom stereocenters. The Bertz CT molecular complexity index is 889. The second kappa shape index (κ2) is 9.26. The van der Waals surface area contributed by atoms with Crippen LogP contribution in [-0.4, -0.2) is 60.0 Å². The van der Waals surface area contributed by atoms with Gasteiger partial charge in [0.1, 0.15) is 12.4 Å². The molecule has 1 amide bonds. The van der Waals surface area contributed by atoms with Crippen LogP contribution in [0.4, 0.5) is 0 Å². The highest BCUT2D eigenvalue weighted by molar-refractivity contribution is 6.30. The van der Waals surface area contributed by atoms with Crippen molar-refractivity contribution in [1.29, 1.82) is 0 Å². The Morgan fingerprint density at radius 3 is 2.61 bits per heavy atom. The SMILES string of the molecule is CCc1[nH]c(=O)ccc1C(=O)N1CCN(CCOc2ccc(Cl)cc2C)CC1. The molecule has 6 nitrogen and oxygen atoms in total. The fourth-order valence-electron chi connectivity index (χ4n) is 3.40. The molecular weight excluding hydrogens is 378 g/mol. The van der Waals surface area contributed by atoms with Crippen molar-refractivity contribution in [2.45, 2.75) is 20.3 Å². The zero-order valence-corrected chi connectivity index (χ0v) is 17.1. The fourth-order valence-corrected chi connectivity index (χ4v) is 3.63. The van der Waals surface area contributed by atoms with E-state index in [1.807, 2.05) is 36.9 Å². The molecule has 1 fully saturated rings. The fraction of sp³-hybridized carbons (Fsp3) is 0.429. The Balaban J connectivity index is 1.49. The standard InChI is InChI=1S/C21H26ClN3O3/c1-3-18-17(5-7-20(26)23-18)21(27)25-10-8-24(9-11-25)12-13-28-19-6-4-16(22)14-15(19)2/h4-7,14H,3,8-13H2,1-2H3,(H,23,26). The number of carbonyl (C=O) groups is 1. The van der Waals surface area contributed by atoms with Crippen molar-refractivity contribution in [3.8, 4) is 5.75 Å². The van der Waals surface area contributed by atoms with Crippen molar-refractivity contribution < 1.29 is 9.53 Å². The number of hydrogen-bond donors (Lipinski definition) is 1. The maximum atomic E-state index is 12.8. The molecule has 1 saturated heterocycles. The van der Waals surface area contributed by atoms with E-state index in [1.165, 1.54) is 6.07 Å². The number of nitrogens with one attached hydrogen (secondary N) is 1. The maximum Gasteiger partial charge on any atom is 0.255 e. The molecule has 3 rings (SSSR count). The van der Waals surface area contributed by atoms with Crippen LogP contribution in [0.25, 0.3) is 0 Å². The number of aryl methyl sites for hydroxylation is 2. The van der Waals surface area contributed by atoms with Gasteiger partial charge in [-0.2, -0.15) is 0 Å². The van der Waals surface area contributed by atoms with Crippen LogP contribution in [0.1, 0.15) is 28.5 Å². The molecule has 0 aliphatic carbocycles. The summed E-state index contributed by atoms with van der Waals surface area (Å²) in [4.78, 5) is 31.2. The van der Waals surface area contributed by atoms with Gasteiger partial charge >= 0.3 is 0 Å². The van der Waals surface area contributed by atoms with Gasteiger partial charge in [0.05, 0.1) is 5.56 Å². The van der Waals surface area contributed by atoms with Crippen LogP contribution in [0.3, 0.4) is 0 Å². The molecule has 0 spiro atoms. The Labute approximate surface area is 170 Å². The smallest absolute Gasteiger partial charge is 0.255 e. The van der Waals surface area contributed by atoms with E-state index in [2.05, 4.69) is 9.88 Å². The van der Waals surface area contributed by atoms with Crippen LogP contribution in [0.2, 0.25) is 5.02 Å². The maximum absolute atomic E-state index is 12.8. The predicted molar refractivity (Wildman–Crippen MR) is 110 cm³/mol. The second-order valence-corrected chi connectivity index (χ2v) is 7.40. The van der Waals surface area contributed by atoms with Crippen molar-refractivity contribution in [1.82, 2.24) is 14.8 Å². The van der Waals surface area contributed by atoms with Gasteiger partial charge in [0.2, 0.25) is 5.56 Å². The molecule has 2 aromatic rings. The number of aromatic nitrogens is 1. The normalized spacial score (nSPS) is 14.9. The lowest BCUT2D eigenvalue weighted by molar-refractivity contribution is 0.0618. The molecule has 1 aromatic carbocycles. The molecule has 0 bridgehead atoms. The van der Waals surface area contributed by atoms with Crippen molar-refractivity contribution in [3.63, 3.8) is 0 Å². The number of ether oxygens (including phenoxy) is 1. The number of nitrogens with zero attached hydrogens (tertiary/aromatic N) is 2. The van der Waals surface area contributed by atoms with Crippen LogP contribution >= 0.6 is 11.6 Å². The summed E-state index contributed by atoms with van der Waals surface area (Å²) in [6.45, 7) is 8.26. The first-order valence-electron chi connectivity index (χ1n) is 9.60. The summed E-state index contributed by atoms with van der Waals surface area (Å²) >= 11 is 5.97. The lowest BCUT2D eigenvalue weighted by Crippen LogP contribution is -2.49. The average molecular weight is 404 g/mol. The van der Waals surface area contributed by atoms with E-state index < -0.39 is 0 Å². The highest BCUT2D eigenvalue weighted by Gasteiger charge is 2.23. The van der Waals surface area contributed by atoms with Gasteiger partial charge in [-0.15, -0.1) is 0 Å². The monoisotopic (exact) mass is 403 g/mol. The van der Waals surface area contributed by atoms with E-state index in [1.54, 1.807) is 6.07 Å². The van der Waals surface area contributed by atoms with Gasteiger partial charge in [-0.3, -0.25) is 14.5 Å². The first-order valence-corrected chi connectivity index (χ1v) is 9.98. The topological polar surface area (TPSA) is 65.6 Å². The summed E-state index contributed by atoms with van der Waals surface area (Å²) in [5, 5.41) is 0.708. The minimum Gasteiger partial charge on any atom is -0.492 e. The average Bonchev–Trinajstić information content (AvgIpc) is 2.69. The van der Waals surface area contributed by atoms with Crippen LogP contribution in [-0.2, 0) is 6.42 Å². The zero-order chi connectivity index (χ0) is 20.1. The van der Waals surface area contributed by atoms with Crippen LogP contribution < -0.4 is 10.3 Å². The van der Waals surface area contributed by atoms with Gasteiger partial charge in [0.25, 0.3) is 5.91 Å². The molecular formula is C21H26ClN3O3. The van der Waals surface area contributed by atoms with Gasteiger partial charge in [0.15, 0.2) is 0 Å². The lowest BCUT2D eigenvalue weighted by atomic mass is 10.1. The third-order valence-electron chi connectivity index (χ3n) is 5.05. The molecule has 0 saturated carbocycles. The van der Waals surface area contributed by atoms with Crippen LogP contribution in [0, 0.1) is 6.92 Å². The Morgan fingerprint density at radius 2 is 1.93 bits per heavy atom. The van der Waals surface area contributed by atoms with Crippen LogP contribution in [0.5, 0.6) is 5.75 Å². The summed E-state index contributed by atoms with van der Waals surface area (Å²) < 4.78 is 5.87. The van der Waals surface area contributed by atoms with Gasteiger partial charge in [0, 0.05) is 49.5 Å². The van der Waals surface area contributed by atoms with E-state index >= 15 is 0 Å². The number of piperazine rings is 1. The van der Waals surface area contributed by atoms with Crippen molar-refractivity contribution in [2.24, 2.45) is 0 Å². The van der Waals surface area contributed by atoms with E-state index in [4.69, 9.17) is 16.3 Å². The Morgan fingerprint density at radius 1 is 1.18 bits per heavy atom. The molecule has 1 N–H and O–H groups in total. The number of aromatic amines is 1. The number of carbonyl (C=O) groups excluding carboxylic acids is 1. The highest BCUT2D eigenvalue weighted by Crippen LogP contribution is 2.21. The second-order valence-electron chi connectivity index (χ2n) is 6.96. The summed E-state index contributed by atoms with van der Waals surface area (Å²) in [6, 6.07) is 8.66. The number of H-pyrrole nitrogens is 1. The molecule has 1 aromatic heterocycles. The molecule has 1 aliphatic heterocycles. The first-order chi connectivity index (χ1) is 13.5. The minimum atomic E-state index is -0.172. The Hall–Kier alpha value is -2.31. The summed E-state index contributed by atoms with van der Waals surface area (Å²) in [6.07, 6.45) is 0.624. The van der Waals surface area contributed by atoms with E-state index in [0.717, 1.165) is 30.9 Å². The minimum absolute atomic E-state index is 0.0132. The van der Waals surface area contributed by atoms with Crippen molar-refractivity contribution in [2.75, 3.05) is 39.3 Å². The van der Waals surface area contributed by atoms with Gasteiger partial charge in [-0.25, -0.2) is 0 Å². The lowest BCUT2D eigenvalue weighted by Gasteiger charge is -2.35. The molecule has 2 heterocycles. The highest BCUT2D eigenvalue weighted by atomic mass is 35.5. The van der Waals surface area contributed by atoms with E-state index in [-0.39, 0.29) is 11.5 Å². The summed E-state index contributed by atoms with van der Waals surface area (Å²) in [7, 11) is 0. The van der Waals surface area contributed by atoms with Crippen molar-refractivity contribution in [3.05, 3.63) is 62.5 Å². The van der Waals surface area contributed by atoms with Gasteiger partial charge in [-0.05, 0) is 43.2 Å². The quantitative estimate of drug-likeness (QED) is 0.805. The largest absolute Gasteiger partial charge is 0.492 e. The van der Waals surface area contributed by atoms with Gasteiger partial charge in [-0.1, -0.05) is 18.5 Å². The summed E-state index contributed by atoms with van der Waals surface area (Å²) in [5.74, 6) is 0.837. The molecule has 28 heavy (non-hydrogen) atoms. The predicted octanol–water partition coefficient (Wildman–Crippen LogP) is 2.74. The number of pyridine rings is 1. The number of halogens is 1. The van der Waals surface area contributed by atoms with E-state index in [9.17, 15) is 9.59 Å². The summed E-state index contributed by atoms with van der Waals surface area (Å²) in [5.41, 5.74) is 2.15.